The Morgan fingerprint density at radius 1 is 0.525 bits per heavy atom. The van der Waals surface area contributed by atoms with Crippen LogP contribution >= 0.6 is 0 Å². The van der Waals surface area contributed by atoms with Crippen LogP contribution in [0.1, 0.15) is 55.2 Å². The summed E-state index contributed by atoms with van der Waals surface area (Å²) in [7, 11) is 0. The topological polar surface area (TPSA) is 79.3 Å². The van der Waals surface area contributed by atoms with Gasteiger partial charge in [-0.3, -0.25) is 0 Å². The normalized spacial score (nSPS) is 10.6. The molecule has 3 rings (SSSR count). The quantitative estimate of drug-likeness (QED) is 0.189. The number of aliphatic hydroxyl groups is 1. The van der Waals surface area contributed by atoms with Crippen LogP contribution in [0.25, 0.3) is 0 Å². The highest BCUT2D eigenvalue weighted by Crippen LogP contribution is 2.13. The predicted octanol–water partition coefficient (Wildman–Crippen LogP) is 6.80. The van der Waals surface area contributed by atoms with Crippen LogP contribution in [0.3, 0.4) is 0 Å². The third-order valence-electron chi connectivity index (χ3n) is 6.62. The first-order valence-corrected chi connectivity index (χ1v) is 14.2. The summed E-state index contributed by atoms with van der Waals surface area (Å²) in [4.78, 5) is 28.7. The van der Waals surface area contributed by atoms with Crippen LogP contribution in [0.5, 0.6) is 0 Å². The Labute approximate surface area is 238 Å². The molecule has 3 aromatic rings. The van der Waals surface area contributed by atoms with Crippen molar-refractivity contribution in [2.45, 2.75) is 58.3 Å². The molecule has 0 aliphatic heterocycles. The molecule has 0 aromatic heterocycles. The molecule has 1 N–H and O–H groups in total. The maximum Gasteiger partial charge on any atom is 0.410 e. The molecule has 7 nitrogen and oxygen atoms in total. The minimum absolute atomic E-state index is 0.0896. The summed E-state index contributed by atoms with van der Waals surface area (Å²) in [6.07, 6.45) is 5.16. The molecule has 40 heavy (non-hydrogen) atoms. The Balaban J connectivity index is 1.34. The molecular formula is C33H42N2O5. The van der Waals surface area contributed by atoms with Crippen LogP contribution < -0.4 is 0 Å². The zero-order valence-electron chi connectivity index (χ0n) is 23.3. The van der Waals surface area contributed by atoms with Crippen molar-refractivity contribution < 1.29 is 24.2 Å². The van der Waals surface area contributed by atoms with Gasteiger partial charge in [0.1, 0.15) is 13.2 Å². The van der Waals surface area contributed by atoms with Gasteiger partial charge in [0.15, 0.2) is 0 Å². The number of hydrogen-bond acceptors (Lipinski definition) is 5. The van der Waals surface area contributed by atoms with E-state index < -0.39 is 6.09 Å². The van der Waals surface area contributed by atoms with E-state index >= 15 is 0 Å². The van der Waals surface area contributed by atoms with E-state index in [0.29, 0.717) is 19.6 Å². The number of aliphatic hydroxyl groups excluding tert-OH is 1. The van der Waals surface area contributed by atoms with Crippen LogP contribution in [0.4, 0.5) is 9.59 Å². The van der Waals surface area contributed by atoms with Crippen LogP contribution in [0, 0.1) is 0 Å². The molecule has 0 saturated heterocycles. The van der Waals surface area contributed by atoms with Gasteiger partial charge in [-0.15, -0.1) is 0 Å². The first kappa shape index (κ1) is 30.7. The van der Waals surface area contributed by atoms with Gasteiger partial charge < -0.3 is 24.4 Å². The Kier molecular flexibility index (Phi) is 14.2. The predicted molar refractivity (Wildman–Crippen MR) is 156 cm³/mol. The minimum Gasteiger partial charge on any atom is -0.445 e. The second kappa shape index (κ2) is 18.4. The fourth-order valence-corrected chi connectivity index (χ4v) is 4.39. The van der Waals surface area contributed by atoms with E-state index in [2.05, 4.69) is 0 Å². The number of nitrogens with zero attached hydrogens (tertiary/aromatic N) is 2. The fourth-order valence-electron chi connectivity index (χ4n) is 4.39. The summed E-state index contributed by atoms with van der Waals surface area (Å²) in [5.41, 5.74) is 2.98. The molecule has 0 aliphatic carbocycles. The summed E-state index contributed by atoms with van der Waals surface area (Å²) >= 11 is 0. The second-order valence-corrected chi connectivity index (χ2v) is 9.82. The largest absolute Gasteiger partial charge is 0.445 e. The maximum atomic E-state index is 12.9. The molecule has 0 bridgehead atoms. The lowest BCUT2D eigenvalue weighted by molar-refractivity contribution is 0.0876. The van der Waals surface area contributed by atoms with Crippen LogP contribution in [0.2, 0.25) is 0 Å². The van der Waals surface area contributed by atoms with Crippen LogP contribution in [-0.4, -0.2) is 53.3 Å². The molecule has 2 amide bonds. The van der Waals surface area contributed by atoms with Gasteiger partial charge in [0.05, 0.1) is 6.61 Å². The lowest BCUT2D eigenvalue weighted by atomic mass is 10.1. The molecule has 3 aromatic carbocycles. The highest BCUT2D eigenvalue weighted by atomic mass is 16.6. The van der Waals surface area contributed by atoms with Crippen molar-refractivity contribution in [1.82, 2.24) is 9.80 Å². The van der Waals surface area contributed by atoms with E-state index in [4.69, 9.17) is 9.47 Å². The Bertz CT molecular complexity index is 1100. The molecule has 0 heterocycles. The first-order chi connectivity index (χ1) is 19.7. The van der Waals surface area contributed by atoms with E-state index in [1.165, 1.54) is 0 Å². The van der Waals surface area contributed by atoms with Crippen molar-refractivity contribution in [1.29, 1.82) is 0 Å². The Morgan fingerprint density at radius 2 is 0.925 bits per heavy atom. The molecule has 7 heteroatoms. The van der Waals surface area contributed by atoms with Gasteiger partial charge in [-0.25, -0.2) is 9.59 Å². The van der Waals surface area contributed by atoms with Gasteiger partial charge in [0.2, 0.25) is 0 Å². The smallest absolute Gasteiger partial charge is 0.410 e. The maximum absolute atomic E-state index is 12.9. The standard InChI is InChI=1S/C33H42N2O5/c36-25-24-34(32(37)39-27-30-18-10-6-11-19-30)22-14-3-1-2-4-15-23-35(26-29-16-8-5-9-17-29)33(38)40-28-31-20-12-7-13-21-31/h5-13,16-21,36H,1-4,14-15,22-28H2. The van der Waals surface area contributed by atoms with E-state index in [1.807, 2.05) is 91.0 Å². The summed E-state index contributed by atoms with van der Waals surface area (Å²) in [5, 5.41) is 9.35. The molecule has 0 aliphatic rings. The average Bonchev–Trinajstić information content (AvgIpc) is 3.00. The molecule has 214 valence electrons. The number of ether oxygens (including phenoxy) is 2. The van der Waals surface area contributed by atoms with Crippen molar-refractivity contribution in [2.24, 2.45) is 0 Å². The molecule has 0 radical (unpaired) electrons. The zero-order valence-corrected chi connectivity index (χ0v) is 23.3. The number of unbranched alkanes of at least 4 members (excludes halogenated alkanes) is 5. The van der Waals surface area contributed by atoms with Crippen molar-refractivity contribution in [3.63, 3.8) is 0 Å². The van der Waals surface area contributed by atoms with Crippen LogP contribution in [-0.2, 0) is 29.2 Å². The second-order valence-electron chi connectivity index (χ2n) is 9.82. The molecule has 0 saturated carbocycles. The van der Waals surface area contributed by atoms with Crippen molar-refractivity contribution in [3.05, 3.63) is 108 Å². The van der Waals surface area contributed by atoms with Gasteiger partial charge in [-0.2, -0.15) is 0 Å². The Morgan fingerprint density at radius 3 is 1.40 bits per heavy atom. The van der Waals surface area contributed by atoms with Crippen molar-refractivity contribution >= 4 is 12.2 Å². The number of carbonyl (C=O) groups excluding carboxylic acids is 2. The monoisotopic (exact) mass is 546 g/mol. The van der Waals surface area contributed by atoms with E-state index in [1.54, 1.807) is 9.80 Å². The van der Waals surface area contributed by atoms with Gasteiger partial charge in [0, 0.05) is 26.2 Å². The van der Waals surface area contributed by atoms with Gasteiger partial charge in [-0.1, -0.05) is 117 Å². The van der Waals surface area contributed by atoms with Crippen LogP contribution in [0.15, 0.2) is 91.0 Å². The molecule has 0 unspecified atom stereocenters. The number of carbonyl (C=O) groups is 2. The van der Waals surface area contributed by atoms with E-state index in [-0.39, 0.29) is 32.5 Å². The summed E-state index contributed by atoms with van der Waals surface area (Å²) in [6.45, 7) is 2.39. The molecule has 0 spiro atoms. The third-order valence-corrected chi connectivity index (χ3v) is 6.62. The van der Waals surface area contributed by atoms with Gasteiger partial charge in [-0.05, 0) is 29.5 Å². The molecule has 0 fully saturated rings. The van der Waals surface area contributed by atoms with E-state index in [9.17, 15) is 14.7 Å². The lowest BCUT2D eigenvalue weighted by Crippen LogP contribution is -2.34. The average molecular weight is 547 g/mol. The van der Waals surface area contributed by atoms with Gasteiger partial charge in [0.25, 0.3) is 0 Å². The fraction of sp³-hybridized carbons (Fsp3) is 0.394. The summed E-state index contributed by atoms with van der Waals surface area (Å²) in [5.74, 6) is 0. The minimum atomic E-state index is -0.393. The van der Waals surface area contributed by atoms with Crippen molar-refractivity contribution in [3.8, 4) is 0 Å². The number of hydrogen-bond donors (Lipinski definition) is 1. The highest BCUT2D eigenvalue weighted by molar-refractivity contribution is 5.68. The first-order valence-electron chi connectivity index (χ1n) is 14.2. The SMILES string of the molecule is O=C(OCc1ccccc1)N(CCO)CCCCCCCCN(Cc1ccccc1)C(=O)OCc1ccccc1. The highest BCUT2D eigenvalue weighted by Gasteiger charge is 2.16. The lowest BCUT2D eigenvalue weighted by Gasteiger charge is -2.22. The van der Waals surface area contributed by atoms with Crippen molar-refractivity contribution in [2.75, 3.05) is 26.2 Å². The summed E-state index contributed by atoms with van der Waals surface area (Å²) in [6, 6.07) is 29.3. The third kappa shape index (κ3) is 11.9. The Hall–Kier alpha value is -3.84. The summed E-state index contributed by atoms with van der Waals surface area (Å²) < 4.78 is 11.0. The molecular weight excluding hydrogens is 504 g/mol. The number of amides is 2. The van der Waals surface area contributed by atoms with Gasteiger partial charge >= 0.3 is 12.2 Å². The molecule has 0 atom stereocenters. The number of rotatable bonds is 17. The zero-order chi connectivity index (χ0) is 28.3. The number of benzene rings is 3. The van der Waals surface area contributed by atoms with E-state index in [0.717, 1.165) is 55.2 Å².